The van der Waals surface area contributed by atoms with Crippen LogP contribution >= 0.6 is 15.6 Å². The molecular weight excluding hydrogens is 365 g/mol. The van der Waals surface area contributed by atoms with Gasteiger partial charge in [-0.15, -0.1) is 0 Å². The molecular formula is C6H17NaO13P2. The van der Waals surface area contributed by atoms with Crippen molar-refractivity contribution in [3.05, 3.63) is 0 Å². The van der Waals surface area contributed by atoms with Crippen molar-refractivity contribution in [2.75, 3.05) is 6.61 Å². The third-order valence-electron chi connectivity index (χ3n) is 2.02. The molecule has 0 aromatic rings. The van der Waals surface area contributed by atoms with Gasteiger partial charge in [0.25, 0.3) is 0 Å². The Kier molecular flexibility index (Phi) is 11.6. The van der Waals surface area contributed by atoms with E-state index in [0.717, 1.165) is 0 Å². The number of hydrogen-bond acceptors (Lipinski definition) is 10. The van der Waals surface area contributed by atoms with E-state index in [9.17, 15) is 29.6 Å². The van der Waals surface area contributed by atoms with Crippen molar-refractivity contribution in [1.82, 2.24) is 0 Å². The molecule has 0 rings (SSSR count). The summed E-state index contributed by atoms with van der Waals surface area (Å²) in [5.74, 6) is 0. The van der Waals surface area contributed by atoms with Crippen molar-refractivity contribution in [1.29, 1.82) is 0 Å². The minimum atomic E-state index is -5.50. The molecule has 0 aromatic carbocycles. The van der Waals surface area contributed by atoms with Crippen LogP contribution in [0.5, 0.6) is 0 Å². The molecule has 130 valence electrons. The van der Waals surface area contributed by atoms with Crippen LogP contribution in [0, 0.1) is 0 Å². The quantitative estimate of drug-likeness (QED) is 0.104. The zero-order valence-corrected chi connectivity index (χ0v) is 11.9. The summed E-state index contributed by atoms with van der Waals surface area (Å²) >= 11 is 0. The molecule has 0 radical (unpaired) electrons. The molecule has 22 heavy (non-hydrogen) atoms. The second-order valence-electron chi connectivity index (χ2n) is 3.76. The zero-order valence-electron chi connectivity index (χ0n) is 10.1. The molecule has 0 spiro atoms. The molecule has 0 fully saturated rings. The van der Waals surface area contributed by atoms with Crippen LogP contribution in [0.2, 0.25) is 0 Å². The molecule has 0 amide bonds. The molecule has 0 aliphatic heterocycles. The standard InChI is InChI=1S/C6H16O13P2.Na.H/c7-1-2(8)3(9)4(10)5(11)6(12)18-21(16,17)19-20(13,14)15;;/h2-12H,1H2,(H,16,17)(H2,13,14,15);;/t2-,3-,4+,5-,6?;;/m1../s1. The van der Waals surface area contributed by atoms with E-state index in [2.05, 4.69) is 8.83 Å². The fraction of sp³-hybridized carbons (Fsp3) is 1.00. The number of aliphatic hydroxyl groups excluding tert-OH is 6. The Labute approximate surface area is 145 Å². The Bertz CT molecular complexity index is 413. The number of aliphatic hydroxyl groups is 6. The van der Waals surface area contributed by atoms with E-state index < -0.39 is 53.0 Å². The molecule has 0 saturated carbocycles. The maximum atomic E-state index is 11.0. The number of rotatable bonds is 9. The fourth-order valence-corrected chi connectivity index (χ4v) is 2.69. The Morgan fingerprint density at radius 3 is 1.68 bits per heavy atom. The number of phosphoric ester groups is 1. The van der Waals surface area contributed by atoms with Gasteiger partial charge in [-0.05, 0) is 0 Å². The van der Waals surface area contributed by atoms with Gasteiger partial charge in [0.2, 0.25) is 0 Å². The van der Waals surface area contributed by atoms with Crippen molar-refractivity contribution in [2.45, 2.75) is 30.7 Å². The summed E-state index contributed by atoms with van der Waals surface area (Å²) in [6.45, 7) is -1.01. The third kappa shape index (κ3) is 9.35. The van der Waals surface area contributed by atoms with Crippen LogP contribution in [0.15, 0.2) is 0 Å². The summed E-state index contributed by atoms with van der Waals surface area (Å²) in [4.78, 5) is 25.4. The van der Waals surface area contributed by atoms with Crippen molar-refractivity contribution < 1.29 is 63.3 Å². The van der Waals surface area contributed by atoms with Crippen LogP contribution in [0.3, 0.4) is 0 Å². The molecule has 0 heterocycles. The summed E-state index contributed by atoms with van der Waals surface area (Å²) in [7, 11) is -11.0. The Morgan fingerprint density at radius 2 is 1.32 bits per heavy atom. The summed E-state index contributed by atoms with van der Waals surface area (Å²) in [6.07, 6.45) is -11.6. The second kappa shape index (κ2) is 10.1. The van der Waals surface area contributed by atoms with E-state index in [1.54, 1.807) is 0 Å². The maximum absolute atomic E-state index is 11.0. The van der Waals surface area contributed by atoms with Gasteiger partial charge < -0.3 is 45.3 Å². The second-order valence-corrected chi connectivity index (χ2v) is 6.54. The van der Waals surface area contributed by atoms with Gasteiger partial charge in [-0.1, -0.05) is 0 Å². The van der Waals surface area contributed by atoms with E-state index in [1.807, 2.05) is 0 Å². The third-order valence-corrected chi connectivity index (χ3v) is 4.18. The Balaban J connectivity index is 0. The van der Waals surface area contributed by atoms with Gasteiger partial charge in [-0.3, -0.25) is 4.52 Å². The van der Waals surface area contributed by atoms with Crippen LogP contribution in [0.25, 0.3) is 0 Å². The van der Waals surface area contributed by atoms with Gasteiger partial charge in [0.05, 0.1) is 6.61 Å². The van der Waals surface area contributed by atoms with Gasteiger partial charge in [0.15, 0.2) is 6.29 Å². The van der Waals surface area contributed by atoms with Gasteiger partial charge in [0, 0.05) is 0 Å². The van der Waals surface area contributed by atoms with E-state index in [1.165, 1.54) is 0 Å². The van der Waals surface area contributed by atoms with E-state index >= 15 is 0 Å². The first-order valence-corrected chi connectivity index (χ1v) is 8.12. The van der Waals surface area contributed by atoms with Crippen molar-refractivity contribution in [3.63, 3.8) is 0 Å². The first-order chi connectivity index (χ1) is 9.30. The average molecular weight is 382 g/mol. The van der Waals surface area contributed by atoms with Crippen molar-refractivity contribution in [2.24, 2.45) is 0 Å². The van der Waals surface area contributed by atoms with Crippen LogP contribution in [-0.2, 0) is 18.0 Å². The molecule has 13 nitrogen and oxygen atoms in total. The molecule has 0 aliphatic rings. The number of phosphoric acid groups is 2. The van der Waals surface area contributed by atoms with Crippen LogP contribution in [-0.4, -0.2) is 112 Å². The predicted octanol–water partition coefficient (Wildman–Crippen LogP) is -4.68. The molecule has 2 unspecified atom stereocenters. The summed E-state index contributed by atoms with van der Waals surface area (Å²) in [6, 6.07) is 0. The topological polar surface area (TPSA) is 235 Å². The molecule has 16 heteroatoms. The van der Waals surface area contributed by atoms with Gasteiger partial charge >= 0.3 is 45.2 Å². The van der Waals surface area contributed by atoms with E-state index in [0.29, 0.717) is 0 Å². The van der Waals surface area contributed by atoms with E-state index in [-0.39, 0.29) is 29.6 Å². The minimum absolute atomic E-state index is 0. The molecule has 0 aromatic heterocycles. The van der Waals surface area contributed by atoms with Gasteiger partial charge in [-0.2, -0.15) is 4.31 Å². The average Bonchev–Trinajstić information content (AvgIpc) is 2.31. The Morgan fingerprint density at radius 1 is 0.864 bits per heavy atom. The van der Waals surface area contributed by atoms with E-state index in [4.69, 9.17) is 24.9 Å². The molecule has 0 bridgehead atoms. The van der Waals surface area contributed by atoms with Crippen molar-refractivity contribution >= 4 is 45.2 Å². The summed E-state index contributed by atoms with van der Waals surface area (Å²) in [5, 5.41) is 54.5. The summed E-state index contributed by atoms with van der Waals surface area (Å²) < 4.78 is 28.4. The van der Waals surface area contributed by atoms with Gasteiger partial charge in [0.1, 0.15) is 24.4 Å². The van der Waals surface area contributed by atoms with Crippen LogP contribution in [0.4, 0.5) is 0 Å². The molecule has 0 saturated heterocycles. The summed E-state index contributed by atoms with van der Waals surface area (Å²) in [5.41, 5.74) is 0. The first-order valence-electron chi connectivity index (χ1n) is 5.10. The first kappa shape index (κ1) is 25.3. The zero-order chi connectivity index (χ0) is 17.0. The SMILES string of the molecule is O=P(O)(O)OP(=O)(O)OC(O)[C@H](O)[C@@H](O)[C@H](O)[C@H](O)CO.[NaH]. The molecule has 9 N–H and O–H groups in total. The fourth-order valence-electron chi connectivity index (χ4n) is 1.06. The normalized spacial score (nSPS) is 21.9. The van der Waals surface area contributed by atoms with Gasteiger partial charge in [-0.25, -0.2) is 9.13 Å². The van der Waals surface area contributed by atoms with Crippen LogP contribution in [0.1, 0.15) is 0 Å². The van der Waals surface area contributed by atoms with Crippen molar-refractivity contribution in [3.8, 4) is 0 Å². The Hall–Kier alpha value is 1.02. The monoisotopic (exact) mass is 382 g/mol. The molecule has 6 atom stereocenters. The number of hydrogen-bond donors (Lipinski definition) is 9. The predicted molar refractivity (Wildman–Crippen MR) is 68.3 cm³/mol. The van der Waals surface area contributed by atoms with Crippen LogP contribution < -0.4 is 0 Å². The molecule has 0 aliphatic carbocycles.